The van der Waals surface area contributed by atoms with Gasteiger partial charge in [0.25, 0.3) is 0 Å². The lowest BCUT2D eigenvalue weighted by molar-refractivity contribution is 0.0205. The molecule has 10 nitrogen and oxygen atoms in total. The quantitative estimate of drug-likeness (QED) is 0.175. The van der Waals surface area contributed by atoms with Crippen LogP contribution in [0, 0.1) is 0 Å². The molecule has 0 bridgehead atoms. The fourth-order valence-electron chi connectivity index (χ4n) is 0.440. The van der Waals surface area contributed by atoms with Gasteiger partial charge < -0.3 is 10.2 Å². The highest BCUT2D eigenvalue weighted by Gasteiger charge is 1.84. The third-order valence-corrected chi connectivity index (χ3v) is 0.879. The highest BCUT2D eigenvalue weighted by Crippen LogP contribution is 1.62. The Balaban J connectivity index is -0.000000206. The van der Waals surface area contributed by atoms with E-state index in [-0.39, 0.29) is 13.2 Å². The number of rotatable bonds is 8. The molecule has 0 saturated carbocycles. The van der Waals surface area contributed by atoms with Gasteiger partial charge in [0.1, 0.15) is 0 Å². The lowest BCUT2D eigenvalue weighted by Gasteiger charge is -1.97. The molecule has 0 aromatic heterocycles. The third kappa shape index (κ3) is 74.0. The molecule has 0 saturated heterocycles. The fraction of sp³-hybridized carbons (Fsp3) is 1.00. The molecular weight excluding hydrogens is 284 g/mol. The maximum atomic E-state index is 8.74. The molecule has 0 aliphatic rings. The van der Waals surface area contributed by atoms with E-state index in [0.29, 0.717) is 13.2 Å². The number of aliphatic hydroxyl groups is 2. The monoisotopic (exact) mass is 308 g/mol. The second kappa shape index (κ2) is 20.0. The highest BCUT2D eigenvalue weighted by atomic mass is 32.3. The molecular formula is C8H24N2O8S. The predicted molar refractivity (Wildman–Crippen MR) is 67.6 cm³/mol. The maximum Gasteiger partial charge on any atom is 0.394 e. The second-order valence-electron chi connectivity index (χ2n) is 2.59. The van der Waals surface area contributed by atoms with Crippen molar-refractivity contribution in [3.8, 4) is 0 Å². The van der Waals surface area contributed by atoms with Gasteiger partial charge in [0.15, 0.2) is 0 Å². The first-order chi connectivity index (χ1) is 8.83. The van der Waals surface area contributed by atoms with E-state index in [4.69, 9.17) is 27.7 Å². The van der Waals surface area contributed by atoms with E-state index < -0.39 is 10.4 Å². The summed E-state index contributed by atoms with van der Waals surface area (Å²) in [7, 11) is -4.67. The summed E-state index contributed by atoms with van der Waals surface area (Å²) < 4.78 is 31.6. The Morgan fingerprint density at radius 3 is 1.32 bits per heavy atom. The first-order valence-electron chi connectivity index (χ1n) is 5.44. The van der Waals surface area contributed by atoms with Crippen molar-refractivity contribution in [2.75, 3.05) is 39.5 Å². The maximum absolute atomic E-state index is 8.74. The molecule has 0 unspecified atom stereocenters. The fourth-order valence-corrected chi connectivity index (χ4v) is 0.440. The molecule has 0 spiro atoms. The van der Waals surface area contributed by atoms with E-state index in [2.05, 4.69) is 20.6 Å². The van der Waals surface area contributed by atoms with Crippen molar-refractivity contribution in [1.29, 1.82) is 0 Å². The number of hydrogen-bond acceptors (Lipinski definition) is 8. The molecule has 0 aliphatic heterocycles. The summed E-state index contributed by atoms with van der Waals surface area (Å²) in [5.41, 5.74) is 5.18. The van der Waals surface area contributed by atoms with Crippen LogP contribution in [0.5, 0.6) is 0 Å². The normalized spacial score (nSPS) is 10.0. The van der Waals surface area contributed by atoms with Crippen LogP contribution in [-0.2, 0) is 20.1 Å². The summed E-state index contributed by atoms with van der Waals surface area (Å²) in [4.78, 5) is 9.26. The van der Waals surface area contributed by atoms with E-state index in [0.717, 1.165) is 13.1 Å². The first-order valence-corrected chi connectivity index (χ1v) is 6.83. The molecule has 0 aliphatic carbocycles. The zero-order valence-corrected chi connectivity index (χ0v) is 11.9. The Morgan fingerprint density at radius 2 is 1.16 bits per heavy atom. The predicted octanol–water partition coefficient (Wildman–Crippen LogP) is -1.61. The van der Waals surface area contributed by atoms with Gasteiger partial charge in [-0.2, -0.15) is 8.42 Å². The lowest BCUT2D eigenvalue weighted by Crippen LogP contribution is -2.15. The van der Waals surface area contributed by atoms with Crippen LogP contribution >= 0.6 is 0 Å². The van der Waals surface area contributed by atoms with E-state index in [1.54, 1.807) is 0 Å². The first kappa shape index (κ1) is 23.7. The minimum atomic E-state index is -4.67. The van der Waals surface area contributed by atoms with Crippen LogP contribution in [-0.4, -0.2) is 67.3 Å². The summed E-state index contributed by atoms with van der Waals surface area (Å²) in [5.74, 6) is 0. The van der Waals surface area contributed by atoms with E-state index in [9.17, 15) is 0 Å². The van der Waals surface area contributed by atoms with Crippen LogP contribution in [0.15, 0.2) is 0 Å². The van der Waals surface area contributed by atoms with Crippen LogP contribution in [0.3, 0.4) is 0 Å². The van der Waals surface area contributed by atoms with Crippen LogP contribution in [0.25, 0.3) is 0 Å². The Labute approximate surface area is 113 Å². The topological polar surface area (TPSA) is 158 Å². The van der Waals surface area contributed by atoms with Crippen molar-refractivity contribution in [2.24, 2.45) is 0 Å². The molecule has 0 rings (SSSR count). The number of aliphatic hydroxyl groups excluding tert-OH is 2. The molecule has 0 amide bonds. The molecule has 6 N–H and O–H groups in total. The molecule has 11 heteroatoms. The van der Waals surface area contributed by atoms with Crippen LogP contribution in [0.4, 0.5) is 0 Å². The van der Waals surface area contributed by atoms with Crippen molar-refractivity contribution in [1.82, 2.24) is 11.0 Å². The molecule has 0 fully saturated rings. The van der Waals surface area contributed by atoms with Gasteiger partial charge in [-0.15, -0.1) is 0 Å². The van der Waals surface area contributed by atoms with E-state index in [1.807, 2.05) is 13.8 Å². The second-order valence-corrected chi connectivity index (χ2v) is 3.48. The number of hydroxylamine groups is 2. The number of hydrogen-bond donors (Lipinski definition) is 6. The van der Waals surface area contributed by atoms with Gasteiger partial charge in [-0.3, -0.25) is 18.8 Å². The molecule has 0 aromatic rings. The summed E-state index contributed by atoms with van der Waals surface area (Å²) in [6.45, 7) is 6.30. The van der Waals surface area contributed by atoms with Gasteiger partial charge in [-0.25, -0.2) is 11.0 Å². The van der Waals surface area contributed by atoms with Gasteiger partial charge in [0, 0.05) is 13.1 Å². The molecule has 0 aromatic carbocycles. The third-order valence-electron chi connectivity index (χ3n) is 0.879. The molecule has 19 heavy (non-hydrogen) atoms. The number of nitrogens with one attached hydrogen (secondary N) is 2. The van der Waals surface area contributed by atoms with Gasteiger partial charge >= 0.3 is 10.4 Å². The summed E-state index contributed by atoms with van der Waals surface area (Å²) in [5, 5.41) is 16.3. The summed E-state index contributed by atoms with van der Waals surface area (Å²) in [6.07, 6.45) is 0. The van der Waals surface area contributed by atoms with Crippen LogP contribution < -0.4 is 11.0 Å². The summed E-state index contributed by atoms with van der Waals surface area (Å²) >= 11 is 0. The van der Waals surface area contributed by atoms with Crippen LogP contribution in [0.1, 0.15) is 13.8 Å². The molecule has 120 valence electrons. The molecule has 0 heterocycles. The highest BCUT2D eigenvalue weighted by molar-refractivity contribution is 7.79. The van der Waals surface area contributed by atoms with Crippen molar-refractivity contribution in [2.45, 2.75) is 13.8 Å². The van der Waals surface area contributed by atoms with Crippen molar-refractivity contribution < 1.29 is 37.4 Å². The van der Waals surface area contributed by atoms with E-state index >= 15 is 0 Å². The Bertz CT molecular complexity index is 211. The zero-order chi connectivity index (χ0) is 15.6. The van der Waals surface area contributed by atoms with Gasteiger partial charge in [0.05, 0.1) is 26.4 Å². The zero-order valence-electron chi connectivity index (χ0n) is 11.1. The Hall–Kier alpha value is -0.370. The lowest BCUT2D eigenvalue weighted by atomic mass is 10.8. The van der Waals surface area contributed by atoms with Crippen molar-refractivity contribution in [3.05, 3.63) is 0 Å². The summed E-state index contributed by atoms with van der Waals surface area (Å²) in [6, 6.07) is 0. The molecule has 0 radical (unpaired) electrons. The van der Waals surface area contributed by atoms with Crippen molar-refractivity contribution >= 4 is 10.4 Å². The minimum Gasteiger partial charge on any atom is -0.394 e. The van der Waals surface area contributed by atoms with Gasteiger partial charge in [-0.1, -0.05) is 13.8 Å². The largest absolute Gasteiger partial charge is 0.394 e. The smallest absolute Gasteiger partial charge is 0.394 e. The Kier molecular flexibility index (Phi) is 24.9. The standard InChI is InChI=1S/2C4H11NO2.H2O4S/c2*1-2-5-7-4-3-6;1-5(2,3)4/h2*5-6H,2-4H2,1H3;(H2,1,2,3,4). The SMILES string of the molecule is CCNOCCO.CCNOCCO.O=S(=O)(O)O. The van der Waals surface area contributed by atoms with Crippen molar-refractivity contribution in [3.63, 3.8) is 0 Å². The average Bonchev–Trinajstić information content (AvgIpc) is 2.29. The van der Waals surface area contributed by atoms with Crippen LogP contribution in [0.2, 0.25) is 0 Å². The minimum absolute atomic E-state index is 0.0764. The van der Waals surface area contributed by atoms with Gasteiger partial charge in [0.2, 0.25) is 0 Å². The Morgan fingerprint density at radius 1 is 0.895 bits per heavy atom. The van der Waals surface area contributed by atoms with E-state index in [1.165, 1.54) is 0 Å². The molecule has 0 atom stereocenters. The average molecular weight is 308 g/mol. The van der Waals surface area contributed by atoms with Gasteiger partial charge in [-0.05, 0) is 0 Å².